The van der Waals surface area contributed by atoms with Crippen LogP contribution in [0.4, 0.5) is 10.1 Å². The van der Waals surface area contributed by atoms with Crippen LogP contribution in [-0.4, -0.2) is 16.0 Å². The van der Waals surface area contributed by atoms with E-state index >= 15 is 0 Å². The Labute approximate surface area is 148 Å². The number of halogens is 2. The standard InChI is InChI=1S/C18H15ClFN3O2/c19-15-5-2-1-4-14(15)18-22-17(25-23-18)7-3-6-16(24)21-13-10-8-12(20)9-11-13/h1-2,4-5,8-11H,3,6-7H2,(H,21,24). The molecule has 7 heteroatoms. The topological polar surface area (TPSA) is 68.0 Å². The van der Waals surface area contributed by atoms with Gasteiger partial charge in [-0.25, -0.2) is 4.39 Å². The zero-order chi connectivity index (χ0) is 17.6. The molecule has 1 aromatic heterocycles. The van der Waals surface area contributed by atoms with E-state index in [1.54, 1.807) is 6.07 Å². The second-order valence-electron chi connectivity index (χ2n) is 5.40. The average molecular weight is 360 g/mol. The molecule has 0 bridgehead atoms. The molecule has 1 N–H and O–H groups in total. The van der Waals surface area contributed by atoms with Gasteiger partial charge in [0.05, 0.1) is 5.02 Å². The van der Waals surface area contributed by atoms with E-state index in [2.05, 4.69) is 15.5 Å². The zero-order valence-corrected chi connectivity index (χ0v) is 14.0. The number of carbonyl (C=O) groups excluding carboxylic acids is 1. The molecule has 128 valence electrons. The summed E-state index contributed by atoms with van der Waals surface area (Å²) in [7, 11) is 0. The van der Waals surface area contributed by atoms with E-state index in [1.807, 2.05) is 18.2 Å². The first-order chi connectivity index (χ1) is 12.1. The van der Waals surface area contributed by atoms with Crippen LogP contribution >= 0.6 is 11.6 Å². The highest BCUT2D eigenvalue weighted by atomic mass is 35.5. The van der Waals surface area contributed by atoms with Crippen LogP contribution in [0, 0.1) is 5.82 Å². The molecule has 2 aromatic carbocycles. The Kier molecular flexibility index (Phi) is 5.40. The maximum atomic E-state index is 12.8. The van der Waals surface area contributed by atoms with Gasteiger partial charge in [-0.05, 0) is 42.8 Å². The molecule has 0 atom stereocenters. The summed E-state index contributed by atoms with van der Waals surface area (Å²) >= 11 is 6.10. The number of nitrogens with zero attached hydrogens (tertiary/aromatic N) is 2. The fraction of sp³-hybridized carbons (Fsp3) is 0.167. The Balaban J connectivity index is 1.50. The molecule has 0 aliphatic carbocycles. The number of amides is 1. The summed E-state index contributed by atoms with van der Waals surface area (Å²) in [4.78, 5) is 16.2. The molecule has 3 rings (SSSR count). The van der Waals surface area contributed by atoms with Crippen molar-refractivity contribution in [2.45, 2.75) is 19.3 Å². The van der Waals surface area contributed by atoms with Gasteiger partial charge in [0.15, 0.2) is 0 Å². The van der Waals surface area contributed by atoms with Crippen LogP contribution in [-0.2, 0) is 11.2 Å². The van der Waals surface area contributed by atoms with Gasteiger partial charge in [-0.15, -0.1) is 0 Å². The van der Waals surface area contributed by atoms with Crippen molar-refractivity contribution in [3.05, 3.63) is 65.3 Å². The van der Waals surface area contributed by atoms with Crippen molar-refractivity contribution >= 4 is 23.2 Å². The smallest absolute Gasteiger partial charge is 0.226 e. The van der Waals surface area contributed by atoms with E-state index in [9.17, 15) is 9.18 Å². The fourth-order valence-corrected chi connectivity index (χ4v) is 2.49. The summed E-state index contributed by atoms with van der Waals surface area (Å²) in [6, 6.07) is 12.9. The molecule has 0 radical (unpaired) electrons. The van der Waals surface area contributed by atoms with E-state index in [0.717, 1.165) is 0 Å². The van der Waals surface area contributed by atoms with E-state index < -0.39 is 0 Å². The first-order valence-corrected chi connectivity index (χ1v) is 8.12. The molecule has 0 aliphatic rings. The highest BCUT2D eigenvalue weighted by Gasteiger charge is 2.12. The summed E-state index contributed by atoms with van der Waals surface area (Å²) in [6.45, 7) is 0. The van der Waals surface area contributed by atoms with Gasteiger partial charge < -0.3 is 9.84 Å². The number of nitrogens with one attached hydrogen (secondary N) is 1. The van der Waals surface area contributed by atoms with Gasteiger partial charge in [0.25, 0.3) is 0 Å². The molecular weight excluding hydrogens is 345 g/mol. The van der Waals surface area contributed by atoms with Crippen molar-refractivity contribution in [2.75, 3.05) is 5.32 Å². The molecule has 3 aromatic rings. The zero-order valence-electron chi connectivity index (χ0n) is 13.2. The quantitative estimate of drug-likeness (QED) is 0.704. The lowest BCUT2D eigenvalue weighted by Gasteiger charge is -2.04. The molecule has 0 saturated heterocycles. The largest absolute Gasteiger partial charge is 0.339 e. The van der Waals surface area contributed by atoms with Crippen molar-refractivity contribution < 1.29 is 13.7 Å². The summed E-state index contributed by atoms with van der Waals surface area (Å²) in [5.41, 5.74) is 1.26. The molecule has 0 spiro atoms. The van der Waals surface area contributed by atoms with Crippen molar-refractivity contribution in [2.24, 2.45) is 0 Å². The number of carbonyl (C=O) groups is 1. The normalized spacial score (nSPS) is 10.6. The van der Waals surface area contributed by atoms with Gasteiger partial charge in [-0.3, -0.25) is 4.79 Å². The van der Waals surface area contributed by atoms with Gasteiger partial charge in [0.2, 0.25) is 17.6 Å². The van der Waals surface area contributed by atoms with Crippen molar-refractivity contribution in [1.29, 1.82) is 0 Å². The van der Waals surface area contributed by atoms with Crippen molar-refractivity contribution in [1.82, 2.24) is 10.1 Å². The molecule has 0 fully saturated rings. The molecule has 1 amide bonds. The highest BCUT2D eigenvalue weighted by Crippen LogP contribution is 2.25. The van der Waals surface area contributed by atoms with E-state index in [1.165, 1.54) is 24.3 Å². The number of rotatable bonds is 6. The van der Waals surface area contributed by atoms with Crippen LogP contribution in [0.25, 0.3) is 11.4 Å². The van der Waals surface area contributed by atoms with Gasteiger partial charge >= 0.3 is 0 Å². The second-order valence-corrected chi connectivity index (χ2v) is 5.81. The molecule has 0 aliphatic heterocycles. The molecule has 5 nitrogen and oxygen atoms in total. The number of hydrogen-bond donors (Lipinski definition) is 1. The predicted molar refractivity (Wildman–Crippen MR) is 92.7 cm³/mol. The maximum Gasteiger partial charge on any atom is 0.226 e. The van der Waals surface area contributed by atoms with E-state index in [0.29, 0.717) is 47.3 Å². The van der Waals surface area contributed by atoms with Crippen LogP contribution in [0.5, 0.6) is 0 Å². The summed E-state index contributed by atoms with van der Waals surface area (Å²) < 4.78 is 18.0. The Morgan fingerprint density at radius 3 is 2.68 bits per heavy atom. The summed E-state index contributed by atoms with van der Waals surface area (Å²) in [5.74, 6) is 0.377. The Bertz CT molecular complexity index is 865. The summed E-state index contributed by atoms with van der Waals surface area (Å²) in [6.07, 6.45) is 1.33. The number of aromatic nitrogens is 2. The second kappa shape index (κ2) is 7.90. The first kappa shape index (κ1) is 17.1. The van der Waals surface area contributed by atoms with E-state index in [-0.39, 0.29) is 11.7 Å². The third-order valence-corrected chi connectivity index (χ3v) is 3.83. The van der Waals surface area contributed by atoms with Crippen LogP contribution in [0.1, 0.15) is 18.7 Å². The molecule has 0 unspecified atom stereocenters. The molecule has 0 saturated carbocycles. The fourth-order valence-electron chi connectivity index (χ4n) is 2.27. The number of benzene rings is 2. The van der Waals surface area contributed by atoms with Crippen LogP contribution < -0.4 is 5.32 Å². The third kappa shape index (κ3) is 4.64. The minimum Gasteiger partial charge on any atom is -0.339 e. The molecular formula is C18H15ClFN3O2. The average Bonchev–Trinajstić information content (AvgIpc) is 3.06. The Morgan fingerprint density at radius 1 is 1.16 bits per heavy atom. The monoisotopic (exact) mass is 359 g/mol. The molecule has 25 heavy (non-hydrogen) atoms. The lowest BCUT2D eigenvalue weighted by molar-refractivity contribution is -0.116. The highest BCUT2D eigenvalue weighted by molar-refractivity contribution is 6.33. The Morgan fingerprint density at radius 2 is 1.92 bits per heavy atom. The number of hydrogen-bond acceptors (Lipinski definition) is 4. The summed E-state index contributed by atoms with van der Waals surface area (Å²) in [5, 5.41) is 7.17. The van der Waals surface area contributed by atoms with Crippen molar-refractivity contribution in [3.63, 3.8) is 0 Å². The number of anilines is 1. The van der Waals surface area contributed by atoms with Crippen LogP contribution in [0.3, 0.4) is 0 Å². The lowest BCUT2D eigenvalue weighted by atomic mass is 10.2. The molecule has 1 heterocycles. The van der Waals surface area contributed by atoms with Crippen LogP contribution in [0.2, 0.25) is 5.02 Å². The van der Waals surface area contributed by atoms with Crippen LogP contribution in [0.15, 0.2) is 53.1 Å². The van der Waals surface area contributed by atoms with Gasteiger partial charge in [-0.1, -0.05) is 28.9 Å². The van der Waals surface area contributed by atoms with E-state index in [4.69, 9.17) is 16.1 Å². The lowest BCUT2D eigenvalue weighted by Crippen LogP contribution is -2.11. The minimum absolute atomic E-state index is 0.155. The van der Waals surface area contributed by atoms with Gasteiger partial charge in [0, 0.05) is 24.1 Å². The van der Waals surface area contributed by atoms with Gasteiger partial charge in [-0.2, -0.15) is 4.98 Å². The first-order valence-electron chi connectivity index (χ1n) is 7.75. The minimum atomic E-state index is -0.344. The third-order valence-electron chi connectivity index (χ3n) is 3.51. The van der Waals surface area contributed by atoms with Crippen molar-refractivity contribution in [3.8, 4) is 11.4 Å². The van der Waals surface area contributed by atoms with Gasteiger partial charge in [0.1, 0.15) is 5.82 Å². The predicted octanol–water partition coefficient (Wildman–Crippen LogP) is 4.49. The SMILES string of the molecule is O=C(CCCc1nc(-c2ccccc2Cl)no1)Nc1ccc(F)cc1. The number of aryl methyl sites for hydroxylation is 1. The Hall–Kier alpha value is -2.73. The maximum absolute atomic E-state index is 12.8.